The number of imidazole rings is 1. The van der Waals surface area contributed by atoms with Gasteiger partial charge in [-0.05, 0) is 36.8 Å². The molecule has 1 unspecified atom stereocenters. The lowest BCUT2D eigenvalue weighted by Crippen LogP contribution is -2.31. The lowest BCUT2D eigenvalue weighted by atomic mass is 10.1. The van der Waals surface area contributed by atoms with Gasteiger partial charge in [0.25, 0.3) is 0 Å². The molecule has 1 atom stereocenters. The average Bonchev–Trinajstić information content (AvgIpc) is 3.07. The van der Waals surface area contributed by atoms with Crippen molar-refractivity contribution in [1.82, 2.24) is 14.1 Å². The van der Waals surface area contributed by atoms with Crippen LogP contribution in [0.3, 0.4) is 0 Å². The molecule has 0 amide bonds. The summed E-state index contributed by atoms with van der Waals surface area (Å²) in [5.41, 5.74) is 1.71. The molecule has 10 heteroatoms. The fourth-order valence-corrected chi connectivity index (χ4v) is 5.05. The van der Waals surface area contributed by atoms with Gasteiger partial charge in [0.2, 0.25) is 0 Å². The molecule has 184 valence electrons. The molecule has 8 nitrogen and oxygen atoms in total. The molecule has 2 heterocycles. The highest BCUT2D eigenvalue weighted by atomic mass is 32.2. The van der Waals surface area contributed by atoms with Crippen molar-refractivity contribution in [2.45, 2.75) is 13.0 Å². The summed E-state index contributed by atoms with van der Waals surface area (Å²) in [7, 11) is -0.426. The molecular formula is C25H26FN3O5S. The van der Waals surface area contributed by atoms with Crippen molar-refractivity contribution in [2.24, 2.45) is 7.05 Å². The van der Waals surface area contributed by atoms with Gasteiger partial charge in [0, 0.05) is 30.6 Å². The minimum Gasteiger partial charge on any atom is -0.493 e. The Bertz CT molecular complexity index is 1560. The predicted molar refractivity (Wildman–Crippen MR) is 132 cm³/mol. The van der Waals surface area contributed by atoms with Gasteiger partial charge in [0.1, 0.15) is 15.7 Å². The standard InChI is InChI=1S/C25H26FN3O5S/c1-5-34-23-13-16(10-11-22(23)33-3)21(15-35(4,31)32)29-24-20(28(2)25(29)30)12-17(14-27-24)18-8-6-7-9-19(18)26/h6-14,21H,5,15H2,1-4H3. The molecule has 4 rings (SSSR count). The molecule has 0 fully saturated rings. The van der Waals surface area contributed by atoms with Crippen LogP contribution in [0, 0.1) is 5.82 Å². The van der Waals surface area contributed by atoms with Crippen LogP contribution >= 0.6 is 0 Å². The van der Waals surface area contributed by atoms with Gasteiger partial charge >= 0.3 is 5.69 Å². The van der Waals surface area contributed by atoms with E-state index in [4.69, 9.17) is 9.47 Å². The number of benzene rings is 2. The van der Waals surface area contributed by atoms with Crippen LogP contribution in [0.15, 0.2) is 59.5 Å². The number of aromatic nitrogens is 3. The van der Waals surface area contributed by atoms with Crippen molar-refractivity contribution in [3.05, 3.63) is 76.6 Å². The summed E-state index contributed by atoms with van der Waals surface area (Å²) in [5.74, 6) is 0.191. The molecule has 0 aliphatic carbocycles. The number of nitrogens with zero attached hydrogens (tertiary/aromatic N) is 3. The summed E-state index contributed by atoms with van der Waals surface area (Å²) in [5, 5.41) is 0. The Hall–Kier alpha value is -3.66. The van der Waals surface area contributed by atoms with Crippen molar-refractivity contribution in [3.63, 3.8) is 0 Å². The van der Waals surface area contributed by atoms with Crippen molar-refractivity contribution >= 4 is 21.0 Å². The molecule has 4 aromatic rings. The van der Waals surface area contributed by atoms with Crippen molar-refractivity contribution in [1.29, 1.82) is 0 Å². The maximum Gasteiger partial charge on any atom is 0.330 e. The summed E-state index contributed by atoms with van der Waals surface area (Å²) in [4.78, 5) is 17.9. The topological polar surface area (TPSA) is 92.4 Å². The quantitative estimate of drug-likeness (QED) is 0.368. The molecule has 0 saturated heterocycles. The minimum absolute atomic E-state index is 0.292. The van der Waals surface area contributed by atoms with Gasteiger partial charge in [0.15, 0.2) is 17.1 Å². The summed E-state index contributed by atoms with van der Waals surface area (Å²) in [6, 6.07) is 12.2. The molecule has 35 heavy (non-hydrogen) atoms. The van der Waals surface area contributed by atoms with Crippen LogP contribution in [0.4, 0.5) is 4.39 Å². The molecule has 0 bridgehead atoms. The van der Waals surface area contributed by atoms with Crippen LogP contribution in [0.5, 0.6) is 11.5 Å². The Balaban J connectivity index is 1.94. The van der Waals surface area contributed by atoms with E-state index in [1.54, 1.807) is 49.5 Å². The first-order valence-electron chi connectivity index (χ1n) is 10.9. The van der Waals surface area contributed by atoms with E-state index in [0.717, 1.165) is 6.26 Å². The summed E-state index contributed by atoms with van der Waals surface area (Å²) in [6.07, 6.45) is 2.60. The molecule has 0 spiro atoms. The second-order valence-electron chi connectivity index (χ2n) is 8.21. The maximum atomic E-state index is 14.4. The fourth-order valence-electron chi connectivity index (χ4n) is 4.13. The van der Waals surface area contributed by atoms with Crippen LogP contribution in [0.1, 0.15) is 18.5 Å². The number of fused-ring (bicyclic) bond motifs is 1. The third-order valence-electron chi connectivity index (χ3n) is 5.76. The van der Waals surface area contributed by atoms with E-state index in [2.05, 4.69) is 4.98 Å². The number of hydrogen-bond donors (Lipinski definition) is 0. The van der Waals surface area contributed by atoms with Crippen LogP contribution in [-0.4, -0.2) is 48.3 Å². The third-order valence-corrected chi connectivity index (χ3v) is 6.68. The molecule has 0 radical (unpaired) electrons. The van der Waals surface area contributed by atoms with Crippen LogP contribution in [-0.2, 0) is 16.9 Å². The first-order valence-corrected chi connectivity index (χ1v) is 13.0. The number of ether oxygens (including phenoxy) is 2. The Kier molecular flexibility index (Phi) is 6.66. The molecular weight excluding hydrogens is 473 g/mol. The summed E-state index contributed by atoms with van der Waals surface area (Å²) in [6.45, 7) is 2.21. The van der Waals surface area contributed by atoms with E-state index < -0.39 is 27.4 Å². The van der Waals surface area contributed by atoms with E-state index in [1.807, 2.05) is 6.92 Å². The number of sulfone groups is 1. The van der Waals surface area contributed by atoms with Gasteiger partial charge in [-0.25, -0.2) is 22.6 Å². The Morgan fingerprint density at radius 2 is 1.86 bits per heavy atom. The normalized spacial score (nSPS) is 12.6. The van der Waals surface area contributed by atoms with Crippen molar-refractivity contribution < 1.29 is 22.3 Å². The van der Waals surface area contributed by atoms with Gasteiger partial charge in [-0.3, -0.25) is 9.13 Å². The van der Waals surface area contributed by atoms with Crippen molar-refractivity contribution in [3.8, 4) is 22.6 Å². The van der Waals surface area contributed by atoms with E-state index in [0.29, 0.717) is 46.0 Å². The zero-order chi connectivity index (χ0) is 25.3. The Morgan fingerprint density at radius 3 is 2.51 bits per heavy atom. The van der Waals surface area contributed by atoms with Crippen LogP contribution < -0.4 is 15.2 Å². The summed E-state index contributed by atoms with van der Waals surface area (Å²) >= 11 is 0. The number of methoxy groups -OCH3 is 1. The third kappa shape index (κ3) is 4.79. The molecule has 0 saturated carbocycles. The van der Waals surface area contributed by atoms with E-state index in [9.17, 15) is 17.6 Å². The average molecular weight is 500 g/mol. The van der Waals surface area contributed by atoms with Gasteiger partial charge in [0.05, 0.1) is 31.0 Å². The smallest absolute Gasteiger partial charge is 0.330 e. The second kappa shape index (κ2) is 9.53. The number of hydrogen-bond acceptors (Lipinski definition) is 6. The number of halogens is 1. The zero-order valence-electron chi connectivity index (χ0n) is 19.9. The second-order valence-corrected chi connectivity index (χ2v) is 10.4. The first-order chi connectivity index (χ1) is 16.6. The lowest BCUT2D eigenvalue weighted by Gasteiger charge is -2.20. The van der Waals surface area contributed by atoms with Gasteiger partial charge in [-0.2, -0.15) is 0 Å². The highest BCUT2D eigenvalue weighted by Crippen LogP contribution is 2.33. The number of pyridine rings is 1. The summed E-state index contributed by atoms with van der Waals surface area (Å²) < 4.78 is 52.9. The van der Waals surface area contributed by atoms with E-state index in [1.165, 1.54) is 28.5 Å². The van der Waals surface area contributed by atoms with Crippen LogP contribution in [0.2, 0.25) is 0 Å². The van der Waals surface area contributed by atoms with Crippen LogP contribution in [0.25, 0.3) is 22.3 Å². The highest BCUT2D eigenvalue weighted by Gasteiger charge is 2.27. The zero-order valence-corrected chi connectivity index (χ0v) is 20.7. The van der Waals surface area contributed by atoms with Gasteiger partial charge in [-0.15, -0.1) is 0 Å². The monoisotopic (exact) mass is 499 g/mol. The SMILES string of the molecule is CCOc1cc(C(CS(C)(=O)=O)n2c(=O)n(C)c3cc(-c4ccccc4F)cnc32)ccc1OC. The predicted octanol–water partition coefficient (Wildman–Crippen LogP) is 3.58. The van der Waals surface area contributed by atoms with E-state index in [-0.39, 0.29) is 5.75 Å². The Morgan fingerprint density at radius 1 is 1.11 bits per heavy atom. The number of rotatable bonds is 8. The molecule has 2 aromatic carbocycles. The molecule has 0 N–H and O–H groups in total. The first kappa shape index (κ1) is 24.5. The Labute approximate surface area is 202 Å². The van der Waals surface area contributed by atoms with E-state index >= 15 is 0 Å². The fraction of sp³-hybridized carbons (Fsp3) is 0.280. The van der Waals surface area contributed by atoms with Gasteiger partial charge in [-0.1, -0.05) is 24.3 Å². The lowest BCUT2D eigenvalue weighted by molar-refractivity contribution is 0.310. The molecule has 0 aliphatic rings. The van der Waals surface area contributed by atoms with Gasteiger partial charge < -0.3 is 9.47 Å². The molecule has 0 aliphatic heterocycles. The minimum atomic E-state index is -3.51. The maximum absolute atomic E-state index is 14.4. The number of aryl methyl sites for hydroxylation is 1. The largest absolute Gasteiger partial charge is 0.493 e. The van der Waals surface area contributed by atoms with Crippen molar-refractivity contribution in [2.75, 3.05) is 25.7 Å². The highest BCUT2D eigenvalue weighted by molar-refractivity contribution is 7.90. The molecule has 2 aromatic heterocycles.